The van der Waals surface area contributed by atoms with Crippen molar-refractivity contribution in [2.45, 2.75) is 40.2 Å². The molecular weight excluding hydrogens is 212 g/mol. The maximum absolute atomic E-state index is 5.43. The SMILES string of the molecule is CNC(C)C(C)Cc1ncc(C)c(OC)c1C. The van der Waals surface area contributed by atoms with E-state index in [0.29, 0.717) is 12.0 Å². The van der Waals surface area contributed by atoms with E-state index in [2.05, 4.69) is 31.1 Å². The van der Waals surface area contributed by atoms with Crippen LogP contribution in [0.1, 0.15) is 30.7 Å². The maximum atomic E-state index is 5.43. The van der Waals surface area contributed by atoms with E-state index < -0.39 is 0 Å². The van der Waals surface area contributed by atoms with Gasteiger partial charge in [0.15, 0.2) is 0 Å². The van der Waals surface area contributed by atoms with E-state index in [9.17, 15) is 0 Å². The van der Waals surface area contributed by atoms with Gasteiger partial charge < -0.3 is 10.1 Å². The molecule has 3 heteroatoms. The number of hydrogen-bond donors (Lipinski definition) is 1. The van der Waals surface area contributed by atoms with Crippen molar-refractivity contribution in [1.29, 1.82) is 0 Å². The number of ether oxygens (including phenoxy) is 1. The maximum Gasteiger partial charge on any atom is 0.128 e. The highest BCUT2D eigenvalue weighted by Gasteiger charge is 2.15. The van der Waals surface area contributed by atoms with Gasteiger partial charge in [-0.3, -0.25) is 4.98 Å². The second-order valence-electron chi connectivity index (χ2n) is 4.80. The lowest BCUT2D eigenvalue weighted by Crippen LogP contribution is -2.30. The summed E-state index contributed by atoms with van der Waals surface area (Å²) in [5.41, 5.74) is 3.41. The van der Waals surface area contributed by atoms with Gasteiger partial charge in [0.05, 0.1) is 7.11 Å². The predicted molar refractivity (Wildman–Crippen MR) is 71.7 cm³/mol. The van der Waals surface area contributed by atoms with E-state index in [1.54, 1.807) is 7.11 Å². The molecule has 0 saturated heterocycles. The van der Waals surface area contributed by atoms with Gasteiger partial charge in [0.25, 0.3) is 0 Å². The molecule has 2 unspecified atom stereocenters. The summed E-state index contributed by atoms with van der Waals surface area (Å²) in [5, 5.41) is 3.29. The Kier molecular flexibility index (Phi) is 4.94. The highest BCUT2D eigenvalue weighted by atomic mass is 16.5. The highest BCUT2D eigenvalue weighted by Crippen LogP contribution is 2.25. The number of hydrogen-bond acceptors (Lipinski definition) is 3. The average Bonchev–Trinajstić information content (AvgIpc) is 2.32. The van der Waals surface area contributed by atoms with Crippen LogP contribution in [0.2, 0.25) is 0 Å². The second-order valence-corrected chi connectivity index (χ2v) is 4.80. The fraction of sp³-hybridized carbons (Fsp3) is 0.643. The van der Waals surface area contributed by atoms with Crippen molar-refractivity contribution in [3.05, 3.63) is 23.0 Å². The fourth-order valence-electron chi connectivity index (χ4n) is 2.04. The number of aromatic nitrogens is 1. The van der Waals surface area contributed by atoms with E-state index in [1.807, 2.05) is 20.2 Å². The first-order valence-corrected chi connectivity index (χ1v) is 6.17. The van der Waals surface area contributed by atoms with Crippen LogP contribution in [0.5, 0.6) is 5.75 Å². The molecule has 0 radical (unpaired) electrons. The topological polar surface area (TPSA) is 34.2 Å². The Morgan fingerprint density at radius 1 is 1.35 bits per heavy atom. The molecule has 96 valence electrons. The highest BCUT2D eigenvalue weighted by molar-refractivity contribution is 5.41. The van der Waals surface area contributed by atoms with Crippen molar-refractivity contribution in [1.82, 2.24) is 10.3 Å². The van der Waals surface area contributed by atoms with E-state index >= 15 is 0 Å². The molecular formula is C14H24N2O. The Labute approximate surface area is 105 Å². The summed E-state index contributed by atoms with van der Waals surface area (Å²) in [6.45, 7) is 8.56. The van der Waals surface area contributed by atoms with Gasteiger partial charge in [0.1, 0.15) is 5.75 Å². The van der Waals surface area contributed by atoms with Crippen LogP contribution in [0.25, 0.3) is 0 Å². The standard InChI is InChI=1S/C14H24N2O/c1-9(12(4)15-5)7-13-11(3)14(17-6)10(2)8-16-13/h8-9,12,15H,7H2,1-6H3. The molecule has 1 heterocycles. The first-order chi connectivity index (χ1) is 8.01. The van der Waals surface area contributed by atoms with Crippen molar-refractivity contribution in [3.8, 4) is 5.75 Å². The largest absolute Gasteiger partial charge is 0.496 e. The summed E-state index contributed by atoms with van der Waals surface area (Å²) in [7, 11) is 3.72. The number of nitrogens with one attached hydrogen (secondary N) is 1. The molecule has 1 aromatic rings. The van der Waals surface area contributed by atoms with Crippen LogP contribution >= 0.6 is 0 Å². The summed E-state index contributed by atoms with van der Waals surface area (Å²) in [4.78, 5) is 4.54. The molecule has 3 nitrogen and oxygen atoms in total. The fourth-order valence-corrected chi connectivity index (χ4v) is 2.04. The van der Waals surface area contributed by atoms with Crippen LogP contribution < -0.4 is 10.1 Å². The van der Waals surface area contributed by atoms with Crippen molar-refractivity contribution in [2.24, 2.45) is 5.92 Å². The van der Waals surface area contributed by atoms with Gasteiger partial charge in [0, 0.05) is 29.1 Å². The summed E-state index contributed by atoms with van der Waals surface area (Å²) in [6, 6.07) is 0.489. The Hall–Kier alpha value is -1.09. The number of methoxy groups -OCH3 is 1. The summed E-state index contributed by atoms with van der Waals surface area (Å²) < 4.78 is 5.43. The monoisotopic (exact) mass is 236 g/mol. The molecule has 1 N–H and O–H groups in total. The molecule has 0 fully saturated rings. The first kappa shape index (κ1) is 14.0. The third kappa shape index (κ3) is 3.19. The van der Waals surface area contributed by atoms with E-state index in [0.717, 1.165) is 23.4 Å². The number of pyridine rings is 1. The molecule has 2 atom stereocenters. The average molecular weight is 236 g/mol. The van der Waals surface area contributed by atoms with Crippen LogP contribution in [0, 0.1) is 19.8 Å². The Morgan fingerprint density at radius 3 is 2.53 bits per heavy atom. The molecule has 1 rings (SSSR count). The molecule has 0 aromatic carbocycles. The smallest absolute Gasteiger partial charge is 0.128 e. The summed E-state index contributed by atoms with van der Waals surface area (Å²) in [6.07, 6.45) is 2.88. The van der Waals surface area contributed by atoms with Gasteiger partial charge in [-0.05, 0) is 40.2 Å². The van der Waals surface area contributed by atoms with Gasteiger partial charge in [0.2, 0.25) is 0 Å². The second kappa shape index (κ2) is 6.01. The number of aryl methyl sites for hydroxylation is 1. The van der Waals surface area contributed by atoms with E-state index in [-0.39, 0.29) is 0 Å². The summed E-state index contributed by atoms with van der Waals surface area (Å²) >= 11 is 0. The molecule has 0 aliphatic carbocycles. The lowest BCUT2D eigenvalue weighted by atomic mass is 9.95. The van der Waals surface area contributed by atoms with Gasteiger partial charge in [-0.15, -0.1) is 0 Å². The van der Waals surface area contributed by atoms with E-state index in [4.69, 9.17) is 4.74 Å². The van der Waals surface area contributed by atoms with Gasteiger partial charge in [-0.2, -0.15) is 0 Å². The third-order valence-corrected chi connectivity index (χ3v) is 3.57. The Morgan fingerprint density at radius 2 is 2.00 bits per heavy atom. The molecule has 0 bridgehead atoms. The zero-order chi connectivity index (χ0) is 13.0. The lowest BCUT2D eigenvalue weighted by Gasteiger charge is -2.20. The Balaban J connectivity index is 2.92. The van der Waals surface area contributed by atoms with Crippen molar-refractivity contribution in [2.75, 3.05) is 14.2 Å². The lowest BCUT2D eigenvalue weighted by molar-refractivity contribution is 0.400. The summed E-state index contributed by atoms with van der Waals surface area (Å²) in [5.74, 6) is 1.53. The Bertz CT molecular complexity index is 377. The van der Waals surface area contributed by atoms with Crippen molar-refractivity contribution >= 4 is 0 Å². The molecule has 17 heavy (non-hydrogen) atoms. The van der Waals surface area contributed by atoms with Crippen molar-refractivity contribution < 1.29 is 4.74 Å². The van der Waals surface area contributed by atoms with Crippen LogP contribution in [0.3, 0.4) is 0 Å². The van der Waals surface area contributed by atoms with Crippen LogP contribution in [-0.4, -0.2) is 25.2 Å². The van der Waals surface area contributed by atoms with Gasteiger partial charge >= 0.3 is 0 Å². The molecule has 0 spiro atoms. The van der Waals surface area contributed by atoms with Crippen molar-refractivity contribution in [3.63, 3.8) is 0 Å². The minimum atomic E-state index is 0.489. The quantitative estimate of drug-likeness (QED) is 0.853. The number of rotatable bonds is 5. The molecule has 0 amide bonds. The minimum absolute atomic E-state index is 0.489. The van der Waals surface area contributed by atoms with Crippen LogP contribution in [0.15, 0.2) is 6.20 Å². The zero-order valence-corrected chi connectivity index (χ0v) is 11.8. The number of nitrogens with zero attached hydrogens (tertiary/aromatic N) is 1. The van der Waals surface area contributed by atoms with Gasteiger partial charge in [-0.25, -0.2) is 0 Å². The van der Waals surface area contributed by atoms with Gasteiger partial charge in [-0.1, -0.05) is 6.92 Å². The molecule has 0 saturated carbocycles. The van der Waals surface area contributed by atoms with E-state index in [1.165, 1.54) is 5.56 Å². The van der Waals surface area contributed by atoms with Crippen LogP contribution in [-0.2, 0) is 6.42 Å². The predicted octanol–water partition coefficient (Wildman–Crippen LogP) is 2.49. The first-order valence-electron chi connectivity index (χ1n) is 6.17. The molecule has 1 aromatic heterocycles. The third-order valence-electron chi connectivity index (χ3n) is 3.57. The van der Waals surface area contributed by atoms with Crippen LogP contribution in [0.4, 0.5) is 0 Å². The minimum Gasteiger partial charge on any atom is -0.496 e. The zero-order valence-electron chi connectivity index (χ0n) is 11.8. The molecule has 0 aliphatic heterocycles. The molecule has 0 aliphatic rings. The normalized spacial score (nSPS) is 14.5.